The topological polar surface area (TPSA) is 51.6 Å². The molecule has 244 valence electrons. The minimum atomic E-state index is 0.640. The number of fused-ring (bicyclic) bond motifs is 1. The number of hydrogen-bond donors (Lipinski definition) is 0. The van der Waals surface area contributed by atoms with Crippen molar-refractivity contribution >= 4 is 10.8 Å². The van der Waals surface area contributed by atoms with Crippen LogP contribution in [0.15, 0.2) is 194 Å². The summed E-state index contributed by atoms with van der Waals surface area (Å²) in [4.78, 5) is 19.9. The van der Waals surface area contributed by atoms with Crippen molar-refractivity contribution in [2.24, 2.45) is 0 Å². The van der Waals surface area contributed by atoms with Crippen LogP contribution in [-0.4, -0.2) is 19.9 Å². The van der Waals surface area contributed by atoms with E-state index in [2.05, 4.69) is 121 Å². The van der Waals surface area contributed by atoms with Gasteiger partial charge in [-0.2, -0.15) is 0 Å². The summed E-state index contributed by atoms with van der Waals surface area (Å²) in [5.41, 5.74) is 11.5. The predicted octanol–water partition coefficient (Wildman–Crippen LogP) is 12.1. The van der Waals surface area contributed by atoms with E-state index < -0.39 is 0 Å². The van der Waals surface area contributed by atoms with E-state index >= 15 is 0 Å². The van der Waals surface area contributed by atoms with Crippen molar-refractivity contribution in [3.05, 3.63) is 194 Å². The maximum atomic E-state index is 5.06. The van der Waals surface area contributed by atoms with Gasteiger partial charge in [-0.15, -0.1) is 0 Å². The van der Waals surface area contributed by atoms with E-state index in [1.807, 2.05) is 72.8 Å². The van der Waals surface area contributed by atoms with Gasteiger partial charge in [-0.3, -0.25) is 0 Å². The van der Waals surface area contributed by atoms with Gasteiger partial charge in [0.15, 0.2) is 17.5 Å². The SMILES string of the molecule is c1ccc(-c2cc(-c3ccc(-c4cccc5ccc(-c6nc(-c7ccccc7)nc(-c7ccccc7)n6)cc45)cc3)cc(-c3ccccc3)n2)cc1. The van der Waals surface area contributed by atoms with Crippen LogP contribution in [0.2, 0.25) is 0 Å². The van der Waals surface area contributed by atoms with Gasteiger partial charge in [-0.1, -0.05) is 176 Å². The molecule has 0 saturated heterocycles. The van der Waals surface area contributed by atoms with Crippen molar-refractivity contribution in [3.63, 3.8) is 0 Å². The molecule has 0 aliphatic rings. The number of nitrogens with zero attached hydrogens (tertiary/aromatic N) is 4. The van der Waals surface area contributed by atoms with Gasteiger partial charge in [0.2, 0.25) is 0 Å². The first-order valence-electron chi connectivity index (χ1n) is 17.4. The number of aromatic nitrogens is 4. The van der Waals surface area contributed by atoms with Crippen molar-refractivity contribution in [1.29, 1.82) is 0 Å². The Bertz CT molecular complexity index is 2530. The highest BCUT2D eigenvalue weighted by Crippen LogP contribution is 2.35. The Morgan fingerprint density at radius 2 is 0.692 bits per heavy atom. The normalized spacial score (nSPS) is 11.1. The third kappa shape index (κ3) is 6.26. The van der Waals surface area contributed by atoms with E-state index in [1.54, 1.807) is 0 Å². The Morgan fingerprint density at radius 1 is 0.250 bits per heavy atom. The highest BCUT2D eigenvalue weighted by atomic mass is 15.0. The molecule has 4 nitrogen and oxygen atoms in total. The van der Waals surface area contributed by atoms with Gasteiger partial charge in [-0.05, 0) is 51.2 Å². The summed E-state index contributed by atoms with van der Waals surface area (Å²) in [5.74, 6) is 1.94. The lowest BCUT2D eigenvalue weighted by molar-refractivity contribution is 1.07. The molecule has 0 spiro atoms. The molecule has 0 aliphatic heterocycles. The molecule has 52 heavy (non-hydrogen) atoms. The van der Waals surface area contributed by atoms with Crippen LogP contribution < -0.4 is 0 Å². The van der Waals surface area contributed by atoms with Crippen LogP contribution in [0.1, 0.15) is 0 Å². The van der Waals surface area contributed by atoms with E-state index in [-0.39, 0.29) is 0 Å². The van der Waals surface area contributed by atoms with Crippen molar-refractivity contribution in [3.8, 4) is 78.9 Å². The molecule has 2 heterocycles. The van der Waals surface area contributed by atoms with Crippen LogP contribution in [0, 0.1) is 0 Å². The summed E-state index contributed by atoms with van der Waals surface area (Å²) in [6.45, 7) is 0. The fourth-order valence-electron chi connectivity index (χ4n) is 6.65. The molecule has 0 amide bonds. The molecule has 0 atom stereocenters. The molecule has 7 aromatic carbocycles. The minimum absolute atomic E-state index is 0.640. The fourth-order valence-corrected chi connectivity index (χ4v) is 6.65. The molecule has 0 unspecified atom stereocenters. The van der Waals surface area contributed by atoms with Gasteiger partial charge in [-0.25, -0.2) is 19.9 Å². The van der Waals surface area contributed by atoms with Crippen molar-refractivity contribution in [1.82, 2.24) is 19.9 Å². The van der Waals surface area contributed by atoms with Crippen LogP contribution in [0.25, 0.3) is 89.7 Å². The smallest absolute Gasteiger partial charge is 0.164 e. The molecule has 0 fully saturated rings. The first-order chi connectivity index (χ1) is 25.7. The van der Waals surface area contributed by atoms with Gasteiger partial charge < -0.3 is 0 Å². The molecule has 0 radical (unpaired) electrons. The molecular weight excluding hydrogens is 633 g/mol. The molecule has 9 rings (SSSR count). The average Bonchev–Trinajstić information content (AvgIpc) is 3.24. The molecule has 0 saturated carbocycles. The molecular formula is C48H32N4. The lowest BCUT2D eigenvalue weighted by Crippen LogP contribution is -2.00. The van der Waals surface area contributed by atoms with Gasteiger partial charge >= 0.3 is 0 Å². The van der Waals surface area contributed by atoms with Gasteiger partial charge in [0, 0.05) is 27.8 Å². The van der Waals surface area contributed by atoms with Crippen molar-refractivity contribution < 1.29 is 0 Å². The largest absolute Gasteiger partial charge is 0.248 e. The van der Waals surface area contributed by atoms with Crippen molar-refractivity contribution in [2.75, 3.05) is 0 Å². The first-order valence-corrected chi connectivity index (χ1v) is 17.4. The second-order valence-electron chi connectivity index (χ2n) is 12.7. The molecule has 0 N–H and O–H groups in total. The zero-order valence-corrected chi connectivity index (χ0v) is 28.3. The lowest BCUT2D eigenvalue weighted by atomic mass is 9.94. The number of pyridine rings is 1. The average molecular weight is 665 g/mol. The predicted molar refractivity (Wildman–Crippen MR) is 213 cm³/mol. The van der Waals surface area contributed by atoms with Crippen LogP contribution in [0.4, 0.5) is 0 Å². The van der Waals surface area contributed by atoms with E-state index in [0.717, 1.165) is 72.2 Å². The molecule has 9 aromatic rings. The Hall–Kier alpha value is -7.04. The van der Waals surface area contributed by atoms with Crippen LogP contribution in [-0.2, 0) is 0 Å². The Morgan fingerprint density at radius 3 is 1.21 bits per heavy atom. The maximum Gasteiger partial charge on any atom is 0.164 e. The van der Waals surface area contributed by atoms with Gasteiger partial charge in [0.25, 0.3) is 0 Å². The third-order valence-corrected chi connectivity index (χ3v) is 9.33. The Balaban J connectivity index is 1.12. The number of hydrogen-bond acceptors (Lipinski definition) is 4. The van der Waals surface area contributed by atoms with E-state index in [0.29, 0.717) is 17.5 Å². The van der Waals surface area contributed by atoms with Gasteiger partial charge in [0.1, 0.15) is 0 Å². The molecule has 2 aromatic heterocycles. The quantitative estimate of drug-likeness (QED) is 0.170. The summed E-state index contributed by atoms with van der Waals surface area (Å²) in [5, 5.41) is 2.29. The second kappa shape index (κ2) is 13.7. The second-order valence-corrected chi connectivity index (χ2v) is 12.7. The van der Waals surface area contributed by atoms with Gasteiger partial charge in [0.05, 0.1) is 11.4 Å². The molecule has 0 aliphatic carbocycles. The zero-order chi connectivity index (χ0) is 34.7. The van der Waals surface area contributed by atoms with Crippen LogP contribution >= 0.6 is 0 Å². The highest BCUT2D eigenvalue weighted by Gasteiger charge is 2.14. The van der Waals surface area contributed by atoms with E-state index in [9.17, 15) is 0 Å². The first kappa shape index (κ1) is 31.0. The Labute approximate surface area is 302 Å². The lowest BCUT2D eigenvalue weighted by Gasteiger charge is -2.12. The fraction of sp³-hybridized carbons (Fsp3) is 0. The van der Waals surface area contributed by atoms with Crippen molar-refractivity contribution in [2.45, 2.75) is 0 Å². The number of rotatable bonds is 7. The molecule has 4 heteroatoms. The van der Waals surface area contributed by atoms with E-state index in [1.165, 1.54) is 0 Å². The van der Waals surface area contributed by atoms with E-state index in [4.69, 9.17) is 19.9 Å². The monoisotopic (exact) mass is 664 g/mol. The summed E-state index contributed by atoms with van der Waals surface area (Å²) < 4.78 is 0. The maximum absolute atomic E-state index is 5.06. The molecule has 0 bridgehead atoms. The summed E-state index contributed by atoms with van der Waals surface area (Å²) in [6.07, 6.45) is 0. The minimum Gasteiger partial charge on any atom is -0.248 e. The Kier molecular flexibility index (Phi) is 8.16. The standard InChI is InChI=1S/C48H32N4/c1-5-14-36(15-6-1)44-31-41(32-45(49-44)37-16-7-2-8-17-37)33-24-26-35(27-25-33)42-23-13-22-34-28-29-40(30-43(34)42)48-51-46(38-18-9-3-10-19-38)50-47(52-48)39-20-11-4-12-21-39/h1-32H. The summed E-state index contributed by atoms with van der Waals surface area (Å²) >= 11 is 0. The highest BCUT2D eigenvalue weighted by molar-refractivity contribution is 5.99. The van der Waals surface area contributed by atoms with Crippen LogP contribution in [0.5, 0.6) is 0 Å². The zero-order valence-electron chi connectivity index (χ0n) is 28.3. The summed E-state index contributed by atoms with van der Waals surface area (Å²) in [6, 6.07) is 67.1. The van der Waals surface area contributed by atoms with Crippen LogP contribution in [0.3, 0.4) is 0 Å². The third-order valence-electron chi connectivity index (χ3n) is 9.33. The summed E-state index contributed by atoms with van der Waals surface area (Å²) in [7, 11) is 0. The number of benzene rings is 7.